The average Bonchev–Trinajstić information content (AvgIpc) is 2.70. The van der Waals surface area contributed by atoms with E-state index in [-0.39, 0.29) is 13.2 Å². The van der Waals surface area contributed by atoms with E-state index in [1.54, 1.807) is 43.3 Å². The molecule has 0 aliphatic rings. The lowest BCUT2D eigenvalue weighted by atomic mass is 10.1. The first-order valence-electron chi connectivity index (χ1n) is 8.61. The van der Waals surface area contributed by atoms with E-state index in [9.17, 15) is 9.90 Å². The fourth-order valence-corrected chi connectivity index (χ4v) is 2.12. The number of benzene rings is 2. The van der Waals surface area contributed by atoms with E-state index < -0.39 is 12.3 Å². The van der Waals surface area contributed by atoms with Crippen molar-refractivity contribution in [3.63, 3.8) is 0 Å². The van der Waals surface area contributed by atoms with Crippen molar-refractivity contribution in [2.75, 3.05) is 13.2 Å². The van der Waals surface area contributed by atoms with Crippen LogP contribution in [0.4, 0.5) is 11.4 Å². The molecule has 0 fully saturated rings. The third-order valence-electron chi connectivity index (χ3n) is 3.60. The molecule has 0 spiro atoms. The van der Waals surface area contributed by atoms with E-state index in [0.717, 1.165) is 5.56 Å². The number of nitriles is 1. The molecule has 0 aliphatic carbocycles. The van der Waals surface area contributed by atoms with Crippen molar-refractivity contribution in [2.24, 2.45) is 10.2 Å². The predicted octanol–water partition coefficient (Wildman–Crippen LogP) is 3.97. The van der Waals surface area contributed by atoms with Gasteiger partial charge in [0, 0.05) is 12.0 Å². The van der Waals surface area contributed by atoms with E-state index in [1.165, 1.54) is 0 Å². The van der Waals surface area contributed by atoms with Gasteiger partial charge in [-0.2, -0.15) is 15.5 Å². The van der Waals surface area contributed by atoms with Gasteiger partial charge in [0.2, 0.25) is 0 Å². The van der Waals surface area contributed by atoms with Crippen molar-refractivity contribution in [3.05, 3.63) is 71.8 Å². The second kappa shape index (κ2) is 10.7. The first-order chi connectivity index (χ1) is 13.5. The number of carbonyl (C=O) groups is 1. The minimum absolute atomic E-state index is 0.0530. The molecule has 0 aromatic heterocycles. The van der Waals surface area contributed by atoms with Crippen LogP contribution in [0.2, 0.25) is 0 Å². The first kappa shape index (κ1) is 21.0. The van der Waals surface area contributed by atoms with E-state index in [0.29, 0.717) is 28.9 Å². The quantitative estimate of drug-likeness (QED) is 0.233. The number of aliphatic hydroxyl groups is 1. The highest BCUT2D eigenvalue weighted by Gasteiger charge is 2.07. The van der Waals surface area contributed by atoms with Gasteiger partial charge in [-0.15, -0.1) is 0 Å². The monoisotopic (exact) mass is 379 g/mol. The summed E-state index contributed by atoms with van der Waals surface area (Å²) in [5.41, 5.74) is 3.06. The maximum absolute atomic E-state index is 11.2. The molecule has 2 rings (SSSR count). The van der Waals surface area contributed by atoms with Crippen molar-refractivity contribution >= 4 is 17.3 Å². The molecule has 0 saturated heterocycles. The Morgan fingerprint density at radius 3 is 2.21 bits per heavy atom. The van der Waals surface area contributed by atoms with Crippen molar-refractivity contribution in [1.29, 1.82) is 5.26 Å². The molecule has 1 unspecified atom stereocenters. The normalized spacial score (nSPS) is 11.8. The maximum Gasteiger partial charge on any atom is 0.333 e. The summed E-state index contributed by atoms with van der Waals surface area (Å²) in [6.07, 6.45) is -0.712. The Hall–Kier alpha value is -3.34. The van der Waals surface area contributed by atoms with Crippen molar-refractivity contribution < 1.29 is 19.4 Å². The summed E-state index contributed by atoms with van der Waals surface area (Å²) in [6, 6.07) is 16.0. The van der Waals surface area contributed by atoms with Crippen LogP contribution in [0.15, 0.2) is 70.9 Å². The summed E-state index contributed by atoms with van der Waals surface area (Å²) in [4.78, 5) is 11.2. The van der Waals surface area contributed by atoms with Crippen LogP contribution >= 0.6 is 0 Å². The molecule has 2 aromatic carbocycles. The van der Waals surface area contributed by atoms with Crippen LogP contribution in [0.1, 0.15) is 18.1 Å². The summed E-state index contributed by atoms with van der Waals surface area (Å²) < 4.78 is 10.1. The van der Waals surface area contributed by atoms with Crippen LogP contribution in [-0.2, 0) is 20.7 Å². The van der Waals surface area contributed by atoms with Crippen LogP contribution in [0.25, 0.3) is 0 Å². The summed E-state index contributed by atoms with van der Waals surface area (Å²) >= 11 is 0. The van der Waals surface area contributed by atoms with E-state index in [4.69, 9.17) is 14.7 Å². The van der Waals surface area contributed by atoms with Crippen LogP contribution in [0.3, 0.4) is 0 Å². The summed E-state index contributed by atoms with van der Waals surface area (Å²) in [5.74, 6) is -0.483. The first-order valence-corrected chi connectivity index (χ1v) is 8.61. The molecule has 144 valence electrons. The molecule has 0 radical (unpaired) electrons. The molecule has 1 atom stereocenters. The van der Waals surface area contributed by atoms with Gasteiger partial charge in [-0.3, -0.25) is 0 Å². The van der Waals surface area contributed by atoms with Crippen molar-refractivity contribution in [3.8, 4) is 6.07 Å². The summed E-state index contributed by atoms with van der Waals surface area (Å²) in [7, 11) is 0. The van der Waals surface area contributed by atoms with Gasteiger partial charge in [0.25, 0.3) is 0 Å². The third kappa shape index (κ3) is 7.11. The van der Waals surface area contributed by atoms with Crippen LogP contribution in [-0.4, -0.2) is 30.6 Å². The average molecular weight is 379 g/mol. The Bertz CT molecular complexity index is 868. The number of esters is 1. The molecular weight excluding hydrogens is 358 g/mol. The molecule has 0 amide bonds. The Morgan fingerprint density at radius 1 is 1.11 bits per heavy atom. The highest BCUT2D eigenvalue weighted by Crippen LogP contribution is 2.19. The Morgan fingerprint density at radius 2 is 1.68 bits per heavy atom. The van der Waals surface area contributed by atoms with Gasteiger partial charge in [-0.1, -0.05) is 18.7 Å². The van der Waals surface area contributed by atoms with Crippen LogP contribution < -0.4 is 0 Å². The highest BCUT2D eigenvalue weighted by molar-refractivity contribution is 5.86. The number of carbonyl (C=O) groups excluding carboxylic acids is 1. The van der Waals surface area contributed by atoms with Gasteiger partial charge in [0.05, 0.1) is 29.6 Å². The number of aliphatic hydroxyl groups excluding tert-OH is 1. The summed E-state index contributed by atoms with van der Waals surface area (Å²) in [6.45, 7) is 5.19. The molecule has 1 N–H and O–H groups in total. The zero-order valence-electron chi connectivity index (χ0n) is 15.5. The highest BCUT2D eigenvalue weighted by atomic mass is 16.6. The lowest BCUT2D eigenvalue weighted by Crippen LogP contribution is -2.19. The maximum atomic E-state index is 11.2. The molecule has 0 aliphatic heterocycles. The third-order valence-corrected chi connectivity index (χ3v) is 3.60. The Kier molecular flexibility index (Phi) is 8.03. The second-order valence-corrected chi connectivity index (χ2v) is 5.97. The molecule has 0 bridgehead atoms. The molecule has 28 heavy (non-hydrogen) atoms. The summed E-state index contributed by atoms with van der Waals surface area (Å²) in [5, 5.41) is 26.9. The van der Waals surface area contributed by atoms with Gasteiger partial charge in [-0.25, -0.2) is 4.79 Å². The number of hydrogen-bond donors (Lipinski definition) is 1. The van der Waals surface area contributed by atoms with Gasteiger partial charge >= 0.3 is 5.97 Å². The largest absolute Gasteiger partial charge is 0.460 e. The van der Waals surface area contributed by atoms with Gasteiger partial charge in [0.1, 0.15) is 6.61 Å². The smallest absolute Gasteiger partial charge is 0.333 e. The minimum Gasteiger partial charge on any atom is -0.460 e. The zero-order chi connectivity index (χ0) is 20.4. The fourth-order valence-electron chi connectivity index (χ4n) is 2.12. The molecule has 0 saturated carbocycles. The van der Waals surface area contributed by atoms with Gasteiger partial charge in [-0.05, 0) is 48.9 Å². The van der Waals surface area contributed by atoms with E-state index in [2.05, 4.69) is 16.8 Å². The Labute approximate surface area is 163 Å². The number of hydrogen-bond acceptors (Lipinski definition) is 7. The number of azo groups is 1. The lowest BCUT2D eigenvalue weighted by molar-refractivity contribution is -0.146. The van der Waals surface area contributed by atoms with Crippen molar-refractivity contribution in [1.82, 2.24) is 0 Å². The molecule has 7 heteroatoms. The van der Waals surface area contributed by atoms with Gasteiger partial charge in [0.15, 0.2) is 6.29 Å². The van der Waals surface area contributed by atoms with Crippen LogP contribution in [0, 0.1) is 11.3 Å². The second-order valence-electron chi connectivity index (χ2n) is 5.97. The molecule has 7 nitrogen and oxygen atoms in total. The molecule has 0 heterocycles. The zero-order valence-corrected chi connectivity index (χ0v) is 15.5. The number of nitrogens with zero attached hydrogens (tertiary/aromatic N) is 3. The lowest BCUT2D eigenvalue weighted by Gasteiger charge is -2.12. The Balaban J connectivity index is 1.78. The topological polar surface area (TPSA) is 104 Å². The predicted molar refractivity (Wildman–Crippen MR) is 103 cm³/mol. The van der Waals surface area contributed by atoms with Crippen molar-refractivity contribution in [2.45, 2.75) is 19.6 Å². The van der Waals surface area contributed by atoms with Gasteiger partial charge < -0.3 is 14.6 Å². The van der Waals surface area contributed by atoms with E-state index >= 15 is 0 Å². The molecule has 2 aromatic rings. The SMILES string of the molecule is C=C(C)C(=O)OCCOC(O)Cc1ccc(N=Nc2ccc(C#N)cc2)cc1. The fraction of sp³-hybridized carbons (Fsp3) is 0.238. The van der Waals surface area contributed by atoms with Crippen LogP contribution in [0.5, 0.6) is 0 Å². The minimum atomic E-state index is -1.00. The standard InChI is InChI=1S/C21H21N3O4/c1-15(2)21(26)28-12-11-27-20(25)13-16-3-7-18(8-4-16)23-24-19-9-5-17(14-22)6-10-19/h3-10,20,25H,1,11-13H2,2H3. The molecular formula is C21H21N3O4. The van der Waals surface area contributed by atoms with E-state index in [1.807, 2.05) is 18.2 Å². The number of ether oxygens (including phenoxy) is 2. The number of rotatable bonds is 9.